The molecule has 9 nitrogen and oxygen atoms in total. The second-order valence-electron chi connectivity index (χ2n) is 10.8. The SMILES string of the molecule is COc1ccc(CNc2nc3cc(-c4ccnn4C4CCCCO4)ccc3n3cc(CN4CC(O)C4)cc23)cc1. The van der Waals surface area contributed by atoms with E-state index in [1.165, 1.54) is 5.56 Å². The van der Waals surface area contributed by atoms with Crippen molar-refractivity contribution in [1.29, 1.82) is 0 Å². The van der Waals surface area contributed by atoms with Gasteiger partial charge in [-0.25, -0.2) is 9.67 Å². The Bertz CT molecular complexity index is 1630. The molecule has 5 aromatic rings. The van der Waals surface area contributed by atoms with Crippen molar-refractivity contribution < 1.29 is 14.6 Å². The molecule has 0 saturated carbocycles. The predicted octanol–water partition coefficient (Wildman–Crippen LogP) is 4.85. The van der Waals surface area contributed by atoms with E-state index in [2.05, 4.69) is 68.4 Å². The van der Waals surface area contributed by atoms with Gasteiger partial charge in [-0.3, -0.25) is 4.90 Å². The molecule has 2 aliphatic heterocycles. The number of β-amino-alcohol motifs (C(OH)–C–C–N with tert-alkyl or cyclic N) is 1. The Morgan fingerprint density at radius 1 is 1.02 bits per heavy atom. The van der Waals surface area contributed by atoms with Gasteiger partial charge in [-0.15, -0.1) is 0 Å². The molecule has 0 amide bonds. The normalized spacial score (nSPS) is 18.3. The summed E-state index contributed by atoms with van der Waals surface area (Å²) in [6.45, 7) is 3.65. The van der Waals surface area contributed by atoms with Crippen molar-refractivity contribution in [3.8, 4) is 17.0 Å². The first-order valence-electron chi connectivity index (χ1n) is 14.0. The molecule has 0 spiro atoms. The van der Waals surface area contributed by atoms with Gasteiger partial charge in [-0.1, -0.05) is 18.2 Å². The fourth-order valence-corrected chi connectivity index (χ4v) is 5.82. The molecule has 2 N–H and O–H groups in total. The Hall–Kier alpha value is -3.92. The summed E-state index contributed by atoms with van der Waals surface area (Å²) in [5.41, 5.74) is 7.43. The van der Waals surface area contributed by atoms with E-state index < -0.39 is 0 Å². The van der Waals surface area contributed by atoms with E-state index >= 15 is 0 Å². The summed E-state index contributed by atoms with van der Waals surface area (Å²) >= 11 is 0. The average molecular weight is 539 g/mol. The fraction of sp³-hybridized carbons (Fsp3) is 0.355. The van der Waals surface area contributed by atoms with Crippen molar-refractivity contribution >= 4 is 22.4 Å². The highest BCUT2D eigenvalue weighted by Gasteiger charge is 2.25. The molecule has 1 unspecified atom stereocenters. The van der Waals surface area contributed by atoms with Crippen LogP contribution in [0.5, 0.6) is 5.75 Å². The first kappa shape index (κ1) is 25.1. The van der Waals surface area contributed by atoms with Crippen molar-refractivity contribution in [2.24, 2.45) is 0 Å². The van der Waals surface area contributed by atoms with Gasteiger partial charge in [0.1, 0.15) is 5.75 Å². The van der Waals surface area contributed by atoms with Crippen LogP contribution in [-0.2, 0) is 17.8 Å². The number of nitrogens with one attached hydrogen (secondary N) is 1. The summed E-state index contributed by atoms with van der Waals surface area (Å²) in [7, 11) is 1.68. The van der Waals surface area contributed by atoms with Gasteiger partial charge in [0.25, 0.3) is 0 Å². The maximum atomic E-state index is 9.75. The molecule has 2 saturated heterocycles. The molecule has 3 aromatic heterocycles. The lowest BCUT2D eigenvalue weighted by Gasteiger charge is -2.35. The van der Waals surface area contributed by atoms with Gasteiger partial charge in [0.05, 0.1) is 35.5 Å². The first-order chi connectivity index (χ1) is 19.6. The minimum absolute atomic E-state index is 0.0290. The van der Waals surface area contributed by atoms with Crippen LogP contribution in [0.2, 0.25) is 0 Å². The van der Waals surface area contributed by atoms with Gasteiger partial charge in [-0.05, 0) is 66.8 Å². The molecule has 7 rings (SSSR count). The van der Waals surface area contributed by atoms with Gasteiger partial charge >= 0.3 is 0 Å². The second kappa shape index (κ2) is 10.6. The van der Waals surface area contributed by atoms with E-state index in [-0.39, 0.29) is 12.3 Å². The van der Waals surface area contributed by atoms with Crippen LogP contribution in [0.4, 0.5) is 5.82 Å². The van der Waals surface area contributed by atoms with Crippen LogP contribution < -0.4 is 10.1 Å². The van der Waals surface area contributed by atoms with Gasteiger partial charge < -0.3 is 24.3 Å². The zero-order valence-corrected chi connectivity index (χ0v) is 22.7. The number of anilines is 1. The van der Waals surface area contributed by atoms with E-state index in [0.717, 1.165) is 90.4 Å². The Balaban J connectivity index is 1.26. The number of hydrogen-bond acceptors (Lipinski definition) is 7. The lowest BCUT2D eigenvalue weighted by molar-refractivity contribution is -0.0383. The standard InChI is InChI=1S/C31H34N6O3/c1-39-25-8-5-21(6-9-25)16-32-31-29-14-22(17-35-19-24(38)20-35)18-36(29)28-10-7-23(15-26(28)34-31)27-11-12-33-37(27)30-4-2-3-13-40-30/h5-12,14-15,18,24,30,38H,2-4,13,16-17,19-20H2,1H3,(H,32,34). The van der Waals surface area contributed by atoms with Crippen LogP contribution in [0, 0.1) is 0 Å². The maximum Gasteiger partial charge on any atom is 0.151 e. The quantitative estimate of drug-likeness (QED) is 0.292. The van der Waals surface area contributed by atoms with Gasteiger partial charge in [0.2, 0.25) is 0 Å². The highest BCUT2D eigenvalue weighted by atomic mass is 16.5. The number of benzene rings is 2. The van der Waals surface area contributed by atoms with E-state index in [9.17, 15) is 5.11 Å². The lowest BCUT2D eigenvalue weighted by Crippen LogP contribution is -2.49. The lowest BCUT2D eigenvalue weighted by atomic mass is 10.1. The van der Waals surface area contributed by atoms with E-state index in [1.807, 2.05) is 23.0 Å². The van der Waals surface area contributed by atoms with E-state index in [0.29, 0.717) is 6.54 Å². The minimum atomic E-state index is -0.216. The number of methoxy groups -OCH3 is 1. The third kappa shape index (κ3) is 4.81. The second-order valence-corrected chi connectivity index (χ2v) is 10.8. The predicted molar refractivity (Wildman–Crippen MR) is 154 cm³/mol. The number of hydrogen-bond donors (Lipinski definition) is 2. The molecular weight excluding hydrogens is 504 g/mol. The number of aromatic nitrogens is 4. The summed E-state index contributed by atoms with van der Waals surface area (Å²) in [5, 5.41) is 18.0. The molecule has 206 valence electrons. The zero-order valence-electron chi connectivity index (χ0n) is 22.7. The summed E-state index contributed by atoms with van der Waals surface area (Å²) in [4.78, 5) is 7.39. The van der Waals surface area contributed by atoms with E-state index in [4.69, 9.17) is 14.5 Å². The third-order valence-electron chi connectivity index (χ3n) is 7.94. The number of aliphatic hydroxyl groups is 1. The monoisotopic (exact) mass is 538 g/mol. The van der Waals surface area contributed by atoms with Crippen LogP contribution in [0.1, 0.15) is 36.6 Å². The molecule has 0 aliphatic carbocycles. The summed E-state index contributed by atoms with van der Waals surface area (Å²) in [6.07, 6.45) is 7.03. The van der Waals surface area contributed by atoms with Crippen molar-refractivity contribution in [2.45, 2.75) is 44.7 Å². The average Bonchev–Trinajstić information content (AvgIpc) is 3.64. The van der Waals surface area contributed by atoms with Gasteiger partial charge in [-0.2, -0.15) is 5.10 Å². The van der Waals surface area contributed by atoms with Gasteiger partial charge in [0, 0.05) is 50.7 Å². The number of fused-ring (bicyclic) bond motifs is 3. The molecule has 9 heteroatoms. The molecule has 2 aromatic carbocycles. The van der Waals surface area contributed by atoms with Crippen LogP contribution in [0.25, 0.3) is 27.8 Å². The summed E-state index contributed by atoms with van der Waals surface area (Å²) in [6, 6.07) is 18.8. The minimum Gasteiger partial charge on any atom is -0.497 e. The van der Waals surface area contributed by atoms with Crippen molar-refractivity contribution in [3.63, 3.8) is 0 Å². The number of likely N-dealkylation sites (tertiary alicyclic amines) is 1. The van der Waals surface area contributed by atoms with Gasteiger partial charge in [0.15, 0.2) is 12.0 Å². The van der Waals surface area contributed by atoms with E-state index in [1.54, 1.807) is 7.11 Å². The Morgan fingerprint density at radius 3 is 2.67 bits per heavy atom. The molecule has 40 heavy (non-hydrogen) atoms. The fourth-order valence-electron chi connectivity index (χ4n) is 5.82. The van der Waals surface area contributed by atoms with Crippen molar-refractivity contribution in [3.05, 3.63) is 78.1 Å². The van der Waals surface area contributed by atoms with Crippen LogP contribution in [-0.4, -0.2) is 62.1 Å². The summed E-state index contributed by atoms with van der Waals surface area (Å²) in [5.74, 6) is 1.67. The van der Waals surface area contributed by atoms with Crippen LogP contribution in [0.15, 0.2) is 67.0 Å². The number of rotatable bonds is 8. The summed E-state index contributed by atoms with van der Waals surface area (Å²) < 4.78 is 15.6. The number of nitrogens with zero attached hydrogens (tertiary/aromatic N) is 5. The molecular formula is C31H34N6O3. The highest BCUT2D eigenvalue weighted by Crippen LogP contribution is 2.32. The molecule has 5 heterocycles. The Morgan fingerprint density at radius 2 is 1.90 bits per heavy atom. The molecule has 2 aliphatic rings. The molecule has 0 radical (unpaired) electrons. The molecule has 0 bridgehead atoms. The van der Waals surface area contributed by atoms with Crippen molar-refractivity contribution in [1.82, 2.24) is 24.1 Å². The maximum absolute atomic E-state index is 9.75. The van der Waals surface area contributed by atoms with Crippen molar-refractivity contribution in [2.75, 3.05) is 32.1 Å². The number of aliphatic hydroxyl groups excluding tert-OH is 1. The molecule has 1 atom stereocenters. The smallest absolute Gasteiger partial charge is 0.151 e. The molecule has 2 fully saturated rings. The highest BCUT2D eigenvalue weighted by molar-refractivity contribution is 5.88. The topological polar surface area (TPSA) is 89.1 Å². The van der Waals surface area contributed by atoms with Crippen LogP contribution >= 0.6 is 0 Å². The Kier molecular flexibility index (Phi) is 6.63. The van der Waals surface area contributed by atoms with Crippen LogP contribution in [0.3, 0.4) is 0 Å². The number of ether oxygens (including phenoxy) is 2. The first-order valence-corrected chi connectivity index (χ1v) is 14.0. The zero-order chi connectivity index (χ0) is 27.1. The largest absolute Gasteiger partial charge is 0.497 e. The third-order valence-corrected chi connectivity index (χ3v) is 7.94. The Labute approximate surface area is 233 Å².